The predicted octanol–water partition coefficient (Wildman–Crippen LogP) is 5.91. The van der Waals surface area contributed by atoms with E-state index in [4.69, 9.17) is 4.74 Å². The Morgan fingerprint density at radius 3 is 2.39 bits per heavy atom. The van der Waals surface area contributed by atoms with Gasteiger partial charge in [0.1, 0.15) is 11.5 Å². The molecule has 3 aromatic rings. The maximum Gasteiger partial charge on any atom is 0.224 e. The van der Waals surface area contributed by atoms with Crippen LogP contribution in [0.4, 0.5) is 0 Å². The van der Waals surface area contributed by atoms with Crippen LogP contribution in [0.2, 0.25) is 0 Å². The minimum Gasteiger partial charge on any atom is -0.457 e. The van der Waals surface area contributed by atoms with Crippen molar-refractivity contribution in [2.75, 3.05) is 13.1 Å². The van der Waals surface area contributed by atoms with E-state index in [-0.39, 0.29) is 17.2 Å². The maximum atomic E-state index is 12.7. The lowest BCUT2D eigenvalue weighted by Crippen LogP contribution is -2.32. The Labute approximate surface area is 197 Å². The van der Waals surface area contributed by atoms with E-state index in [9.17, 15) is 4.79 Å². The van der Waals surface area contributed by atoms with Gasteiger partial charge < -0.3 is 10.1 Å². The topological polar surface area (TPSA) is 41.6 Å². The number of carbonyl (C=O) groups is 1. The molecule has 4 heteroatoms. The average molecular weight is 443 g/mol. The Morgan fingerprint density at radius 2 is 1.67 bits per heavy atom. The summed E-state index contributed by atoms with van der Waals surface area (Å²) < 4.78 is 5.96. The van der Waals surface area contributed by atoms with Crippen LogP contribution in [0.25, 0.3) is 0 Å². The second-order valence-electron chi connectivity index (χ2n) is 9.95. The van der Waals surface area contributed by atoms with Gasteiger partial charge in [0.2, 0.25) is 5.91 Å². The molecule has 0 spiro atoms. The molecule has 172 valence electrons. The summed E-state index contributed by atoms with van der Waals surface area (Å²) in [4.78, 5) is 15.1. The van der Waals surface area contributed by atoms with Crippen LogP contribution in [0.3, 0.4) is 0 Å². The van der Waals surface area contributed by atoms with Gasteiger partial charge >= 0.3 is 0 Å². The number of nitrogens with zero attached hydrogens (tertiary/aromatic N) is 1. The molecule has 0 bridgehead atoms. The van der Waals surface area contributed by atoms with E-state index >= 15 is 0 Å². The number of benzene rings is 3. The highest BCUT2D eigenvalue weighted by Gasteiger charge is 2.28. The molecule has 0 radical (unpaired) electrons. The molecular weight excluding hydrogens is 408 g/mol. The third-order valence-corrected chi connectivity index (χ3v) is 6.21. The van der Waals surface area contributed by atoms with Crippen molar-refractivity contribution in [2.24, 2.45) is 5.92 Å². The molecule has 1 amide bonds. The van der Waals surface area contributed by atoms with Crippen molar-refractivity contribution in [3.8, 4) is 11.5 Å². The van der Waals surface area contributed by atoms with Crippen molar-refractivity contribution in [2.45, 2.75) is 45.7 Å². The molecule has 1 aliphatic heterocycles. The number of rotatable bonds is 7. The molecule has 1 unspecified atom stereocenters. The standard InChI is InChI=1S/C29H34N2O2/c1-29(2,3)25-14-12-22(13-15-25)19-30-28(32)24-16-17-31(21-24)20-23-8-7-11-27(18-23)33-26-9-5-4-6-10-26/h4-15,18,24H,16-17,19-21H2,1-3H3,(H,30,32). The van der Waals surface area contributed by atoms with E-state index in [1.165, 1.54) is 11.1 Å². The summed E-state index contributed by atoms with van der Waals surface area (Å²) in [5.41, 5.74) is 3.79. The molecule has 1 saturated heterocycles. The second kappa shape index (κ2) is 10.2. The van der Waals surface area contributed by atoms with Gasteiger partial charge in [-0.2, -0.15) is 0 Å². The van der Waals surface area contributed by atoms with Gasteiger partial charge in [-0.25, -0.2) is 0 Å². The number of hydrogen-bond donors (Lipinski definition) is 1. The van der Waals surface area contributed by atoms with Crippen molar-refractivity contribution in [3.05, 3.63) is 95.6 Å². The van der Waals surface area contributed by atoms with Gasteiger partial charge in [-0.1, -0.05) is 75.4 Å². The van der Waals surface area contributed by atoms with Crippen LogP contribution in [-0.4, -0.2) is 23.9 Å². The molecule has 33 heavy (non-hydrogen) atoms. The first kappa shape index (κ1) is 23.1. The van der Waals surface area contributed by atoms with Gasteiger partial charge in [0.05, 0.1) is 5.92 Å². The molecule has 1 aliphatic rings. The van der Waals surface area contributed by atoms with Crippen molar-refractivity contribution in [1.82, 2.24) is 10.2 Å². The average Bonchev–Trinajstić information content (AvgIpc) is 3.27. The number of amides is 1. The van der Waals surface area contributed by atoms with E-state index < -0.39 is 0 Å². The van der Waals surface area contributed by atoms with Gasteiger partial charge in [0, 0.05) is 19.6 Å². The molecule has 1 heterocycles. The van der Waals surface area contributed by atoms with Gasteiger partial charge in [-0.15, -0.1) is 0 Å². The van der Waals surface area contributed by atoms with Crippen molar-refractivity contribution in [1.29, 1.82) is 0 Å². The third-order valence-electron chi connectivity index (χ3n) is 6.21. The van der Waals surface area contributed by atoms with Crippen LogP contribution < -0.4 is 10.1 Å². The molecule has 1 N–H and O–H groups in total. The number of para-hydroxylation sites is 1. The van der Waals surface area contributed by atoms with E-state index in [1.54, 1.807) is 0 Å². The zero-order chi connectivity index (χ0) is 23.3. The summed E-state index contributed by atoms with van der Waals surface area (Å²) in [6, 6.07) is 26.6. The number of nitrogens with one attached hydrogen (secondary N) is 1. The molecule has 1 atom stereocenters. The van der Waals surface area contributed by atoms with E-state index in [1.807, 2.05) is 42.5 Å². The smallest absolute Gasteiger partial charge is 0.224 e. The second-order valence-corrected chi connectivity index (χ2v) is 9.95. The van der Waals surface area contributed by atoms with Crippen molar-refractivity contribution >= 4 is 5.91 Å². The molecule has 0 aromatic heterocycles. The van der Waals surface area contributed by atoms with Gasteiger partial charge in [-0.3, -0.25) is 9.69 Å². The van der Waals surface area contributed by atoms with Crippen LogP contribution >= 0.6 is 0 Å². The number of likely N-dealkylation sites (tertiary alicyclic amines) is 1. The molecule has 1 fully saturated rings. The molecular formula is C29H34N2O2. The van der Waals surface area contributed by atoms with Crippen LogP contribution in [0.1, 0.15) is 43.9 Å². The summed E-state index contributed by atoms with van der Waals surface area (Å²) >= 11 is 0. The summed E-state index contributed by atoms with van der Waals surface area (Å²) in [7, 11) is 0. The molecule has 3 aromatic carbocycles. The lowest BCUT2D eigenvalue weighted by molar-refractivity contribution is -0.124. The Kier molecular flexibility index (Phi) is 7.14. The number of carbonyl (C=O) groups excluding carboxylic acids is 1. The monoisotopic (exact) mass is 442 g/mol. The highest BCUT2D eigenvalue weighted by Crippen LogP contribution is 2.25. The number of ether oxygens (including phenoxy) is 1. The Morgan fingerprint density at radius 1 is 0.939 bits per heavy atom. The van der Waals surface area contributed by atoms with Crippen molar-refractivity contribution in [3.63, 3.8) is 0 Å². The Bertz CT molecular complexity index is 1050. The Hall–Kier alpha value is -3.11. The van der Waals surface area contributed by atoms with E-state index in [0.29, 0.717) is 6.54 Å². The molecule has 4 rings (SSSR count). The van der Waals surface area contributed by atoms with Gasteiger partial charge in [-0.05, 0) is 59.3 Å². The van der Waals surface area contributed by atoms with Gasteiger partial charge in [0.15, 0.2) is 0 Å². The first-order valence-corrected chi connectivity index (χ1v) is 11.8. The highest BCUT2D eigenvalue weighted by atomic mass is 16.5. The third kappa shape index (κ3) is 6.45. The number of hydrogen-bond acceptors (Lipinski definition) is 3. The normalized spacial score (nSPS) is 16.5. The molecule has 4 nitrogen and oxygen atoms in total. The largest absolute Gasteiger partial charge is 0.457 e. The highest BCUT2D eigenvalue weighted by molar-refractivity contribution is 5.79. The minimum atomic E-state index is 0.0441. The maximum absolute atomic E-state index is 12.7. The van der Waals surface area contributed by atoms with Crippen LogP contribution in [0, 0.1) is 5.92 Å². The van der Waals surface area contributed by atoms with Crippen LogP contribution in [0.5, 0.6) is 11.5 Å². The SMILES string of the molecule is CC(C)(C)c1ccc(CNC(=O)C2CCN(Cc3cccc(Oc4ccccc4)c3)C2)cc1. The quantitative estimate of drug-likeness (QED) is 0.494. The zero-order valence-corrected chi connectivity index (χ0v) is 19.9. The molecule has 0 aliphatic carbocycles. The summed E-state index contributed by atoms with van der Waals surface area (Å²) in [5, 5.41) is 3.13. The van der Waals surface area contributed by atoms with E-state index in [2.05, 4.69) is 67.4 Å². The fraction of sp³-hybridized carbons (Fsp3) is 0.345. The van der Waals surface area contributed by atoms with Gasteiger partial charge in [0.25, 0.3) is 0 Å². The summed E-state index contributed by atoms with van der Waals surface area (Å²) in [5.74, 6) is 1.87. The predicted molar refractivity (Wildman–Crippen MR) is 133 cm³/mol. The lowest BCUT2D eigenvalue weighted by Gasteiger charge is -2.19. The van der Waals surface area contributed by atoms with Crippen LogP contribution in [-0.2, 0) is 23.3 Å². The van der Waals surface area contributed by atoms with Crippen molar-refractivity contribution < 1.29 is 9.53 Å². The van der Waals surface area contributed by atoms with E-state index in [0.717, 1.165) is 43.1 Å². The Balaban J connectivity index is 1.26. The first-order valence-electron chi connectivity index (χ1n) is 11.8. The summed E-state index contributed by atoms with van der Waals surface area (Å²) in [6.07, 6.45) is 0.898. The molecule has 0 saturated carbocycles. The minimum absolute atomic E-state index is 0.0441. The summed E-state index contributed by atoms with van der Waals surface area (Å²) in [6.45, 7) is 9.76. The fourth-order valence-electron chi connectivity index (χ4n) is 4.24. The zero-order valence-electron chi connectivity index (χ0n) is 19.9. The fourth-order valence-corrected chi connectivity index (χ4v) is 4.24. The lowest BCUT2D eigenvalue weighted by atomic mass is 9.87. The van der Waals surface area contributed by atoms with Crippen LogP contribution in [0.15, 0.2) is 78.9 Å². The first-order chi connectivity index (χ1) is 15.9.